The van der Waals surface area contributed by atoms with Gasteiger partial charge in [-0.2, -0.15) is 8.61 Å². The molecule has 0 aromatic heterocycles. The fourth-order valence-electron chi connectivity index (χ4n) is 4.82. The van der Waals surface area contributed by atoms with Gasteiger partial charge < -0.3 is 10.8 Å². The second kappa shape index (κ2) is 13.9. The zero-order chi connectivity index (χ0) is 31.2. The van der Waals surface area contributed by atoms with E-state index in [2.05, 4.69) is 0 Å². The smallest absolute Gasteiger partial charge is 0.326 e. The highest BCUT2D eigenvalue weighted by Gasteiger charge is 2.46. The first-order chi connectivity index (χ1) is 19.7. The van der Waals surface area contributed by atoms with Crippen LogP contribution in [-0.4, -0.2) is 92.0 Å². The number of imide groups is 1. The van der Waals surface area contributed by atoms with Gasteiger partial charge in [0.05, 0.1) is 16.3 Å². The predicted octanol–water partition coefficient (Wildman–Crippen LogP) is 1.71. The molecule has 2 atom stereocenters. The summed E-state index contributed by atoms with van der Waals surface area (Å²) in [5.74, 6) is -3.55. The van der Waals surface area contributed by atoms with Crippen LogP contribution in [0.15, 0.2) is 58.3 Å². The van der Waals surface area contributed by atoms with E-state index < -0.39 is 56.5 Å². The highest BCUT2D eigenvalue weighted by molar-refractivity contribution is 7.89. The molecule has 3 rings (SSSR count). The Hall–Kier alpha value is -3.17. The number of likely N-dealkylation sites (N-methyl/N-ethyl adjacent to an activating group) is 1. The van der Waals surface area contributed by atoms with E-state index >= 15 is 0 Å². The van der Waals surface area contributed by atoms with Gasteiger partial charge in [0.1, 0.15) is 12.1 Å². The van der Waals surface area contributed by atoms with Crippen molar-refractivity contribution in [3.05, 3.63) is 59.7 Å². The Bertz CT molecular complexity index is 1490. The number of sulfonamides is 2. The SMILES string of the molecule is Cc1ccc(S(=O)(=O)N(C)CC(=O)N(C(=O)[C@@H]2CCCN2S(=O)(=O)c2ccc(C)cc2)[C@@H](CCCCN)C(=O)O)cc1. The van der Waals surface area contributed by atoms with E-state index in [0.29, 0.717) is 17.7 Å². The van der Waals surface area contributed by atoms with Crippen molar-refractivity contribution in [2.45, 2.75) is 67.8 Å². The molecule has 0 spiro atoms. The van der Waals surface area contributed by atoms with Crippen molar-refractivity contribution in [1.82, 2.24) is 13.5 Å². The molecular weight excluding hydrogens is 584 g/mol. The highest BCUT2D eigenvalue weighted by atomic mass is 32.2. The van der Waals surface area contributed by atoms with Gasteiger partial charge in [0.2, 0.25) is 31.9 Å². The van der Waals surface area contributed by atoms with E-state index in [-0.39, 0.29) is 42.1 Å². The van der Waals surface area contributed by atoms with Gasteiger partial charge in [-0.15, -0.1) is 0 Å². The number of nitrogens with two attached hydrogens (primary N) is 1. The number of carboxylic acid groups (broad SMARTS) is 1. The first-order valence-corrected chi connectivity index (χ1v) is 16.5. The average molecular weight is 623 g/mol. The minimum absolute atomic E-state index is 0.00125. The lowest BCUT2D eigenvalue weighted by Crippen LogP contribution is -2.57. The van der Waals surface area contributed by atoms with E-state index in [1.165, 1.54) is 24.3 Å². The van der Waals surface area contributed by atoms with Gasteiger partial charge in [-0.1, -0.05) is 35.4 Å². The number of carbonyl (C=O) groups excluding carboxylic acids is 2. The Balaban J connectivity index is 1.97. The van der Waals surface area contributed by atoms with Crippen molar-refractivity contribution in [3.63, 3.8) is 0 Å². The zero-order valence-corrected chi connectivity index (χ0v) is 25.6. The molecule has 0 aliphatic carbocycles. The first kappa shape index (κ1) is 33.3. The molecule has 0 bridgehead atoms. The summed E-state index contributed by atoms with van der Waals surface area (Å²) in [6.45, 7) is 3.02. The summed E-state index contributed by atoms with van der Waals surface area (Å²) >= 11 is 0. The van der Waals surface area contributed by atoms with E-state index in [1.807, 2.05) is 0 Å². The van der Waals surface area contributed by atoms with Gasteiger partial charge in [-0.25, -0.2) is 21.6 Å². The molecule has 1 fully saturated rings. The van der Waals surface area contributed by atoms with Gasteiger partial charge in [-0.3, -0.25) is 14.5 Å². The number of amides is 2. The number of nitrogens with zero attached hydrogens (tertiary/aromatic N) is 3. The molecule has 42 heavy (non-hydrogen) atoms. The van der Waals surface area contributed by atoms with Crippen molar-refractivity contribution in [2.24, 2.45) is 5.73 Å². The fourth-order valence-corrected chi connectivity index (χ4v) is 7.59. The number of aliphatic carboxylic acids is 1. The van der Waals surface area contributed by atoms with Crippen LogP contribution in [-0.2, 0) is 34.4 Å². The summed E-state index contributed by atoms with van der Waals surface area (Å²) < 4.78 is 55.1. The van der Waals surface area contributed by atoms with Crippen LogP contribution in [0, 0.1) is 13.8 Å². The second-order valence-corrected chi connectivity index (χ2v) is 14.3. The third-order valence-electron chi connectivity index (χ3n) is 7.24. The minimum Gasteiger partial charge on any atom is -0.480 e. The van der Waals surface area contributed by atoms with Crippen molar-refractivity contribution < 1.29 is 36.3 Å². The molecule has 0 radical (unpaired) electrons. The van der Waals surface area contributed by atoms with Crippen molar-refractivity contribution >= 4 is 37.8 Å². The van der Waals surface area contributed by atoms with Crippen molar-refractivity contribution in [2.75, 3.05) is 26.7 Å². The molecule has 2 aromatic carbocycles. The third kappa shape index (κ3) is 7.42. The summed E-state index contributed by atoms with van der Waals surface area (Å²) in [4.78, 5) is 40.5. The van der Waals surface area contributed by atoms with Gasteiger partial charge in [0, 0.05) is 13.6 Å². The Labute approximate surface area is 247 Å². The number of unbranched alkanes of at least 4 members (excludes halogenated alkanes) is 1. The molecule has 2 amide bonds. The number of carbonyl (C=O) groups is 3. The van der Waals surface area contributed by atoms with E-state index in [9.17, 15) is 36.3 Å². The van der Waals surface area contributed by atoms with Crippen LogP contribution in [0.1, 0.15) is 43.2 Å². The second-order valence-electron chi connectivity index (χ2n) is 10.4. The summed E-state index contributed by atoms with van der Waals surface area (Å²) in [6.07, 6.45) is 0.962. The minimum atomic E-state index is -4.17. The van der Waals surface area contributed by atoms with Crippen LogP contribution < -0.4 is 5.73 Å². The lowest BCUT2D eigenvalue weighted by Gasteiger charge is -2.33. The maximum Gasteiger partial charge on any atom is 0.326 e. The number of hydrogen-bond acceptors (Lipinski definition) is 8. The molecule has 2 aromatic rings. The van der Waals surface area contributed by atoms with Crippen LogP contribution in [0.25, 0.3) is 0 Å². The fraction of sp³-hybridized carbons (Fsp3) is 0.464. The van der Waals surface area contributed by atoms with E-state index in [1.54, 1.807) is 38.1 Å². The molecule has 1 saturated heterocycles. The van der Waals surface area contributed by atoms with Gasteiger partial charge in [0.15, 0.2) is 0 Å². The lowest BCUT2D eigenvalue weighted by molar-refractivity contribution is -0.159. The molecule has 3 N–H and O–H groups in total. The van der Waals surface area contributed by atoms with E-state index in [4.69, 9.17) is 5.73 Å². The molecule has 12 nitrogen and oxygen atoms in total. The quantitative estimate of drug-likeness (QED) is 0.315. The summed E-state index contributed by atoms with van der Waals surface area (Å²) in [5, 5.41) is 10.1. The van der Waals surface area contributed by atoms with Crippen LogP contribution in [0.3, 0.4) is 0 Å². The number of aryl methyl sites for hydroxylation is 2. The third-order valence-corrected chi connectivity index (χ3v) is 11.0. The number of benzene rings is 2. The first-order valence-electron chi connectivity index (χ1n) is 13.6. The largest absolute Gasteiger partial charge is 0.480 e. The van der Waals surface area contributed by atoms with Gasteiger partial charge in [0.25, 0.3) is 0 Å². The standard InChI is InChI=1S/C28H38N4O8S2/c1-20-9-13-22(14-10-20)41(37,38)30(3)19-26(33)32(25(28(35)36)7-4-5-17-29)27(34)24-8-6-18-31(24)42(39,40)23-15-11-21(2)12-16-23/h9-16,24-25H,4-8,17-19,29H2,1-3H3,(H,35,36)/t24-,25-/m0/s1. The molecule has 230 valence electrons. The molecular formula is C28H38N4O8S2. The monoisotopic (exact) mass is 622 g/mol. The zero-order valence-electron chi connectivity index (χ0n) is 24.0. The average Bonchev–Trinajstić information content (AvgIpc) is 3.44. The lowest BCUT2D eigenvalue weighted by atomic mass is 10.1. The van der Waals surface area contributed by atoms with Gasteiger partial charge in [-0.05, 0) is 76.8 Å². The molecule has 0 saturated carbocycles. The Morgan fingerprint density at radius 1 is 0.952 bits per heavy atom. The molecule has 14 heteroatoms. The maximum atomic E-state index is 14.0. The maximum absolute atomic E-state index is 14.0. The van der Waals surface area contributed by atoms with Crippen LogP contribution in [0.2, 0.25) is 0 Å². The summed E-state index contributed by atoms with van der Waals surface area (Å²) in [6, 6.07) is 9.07. The predicted molar refractivity (Wildman–Crippen MR) is 155 cm³/mol. The number of rotatable bonds is 13. The Morgan fingerprint density at radius 2 is 1.50 bits per heavy atom. The van der Waals surface area contributed by atoms with Crippen LogP contribution in [0.4, 0.5) is 0 Å². The van der Waals surface area contributed by atoms with Crippen molar-refractivity contribution in [1.29, 1.82) is 0 Å². The van der Waals surface area contributed by atoms with Gasteiger partial charge >= 0.3 is 5.97 Å². The number of hydrogen-bond donors (Lipinski definition) is 2. The molecule has 1 aliphatic rings. The Morgan fingerprint density at radius 3 is 2.02 bits per heavy atom. The van der Waals surface area contributed by atoms with Crippen LogP contribution in [0.5, 0.6) is 0 Å². The number of carboxylic acids is 1. The summed E-state index contributed by atoms with van der Waals surface area (Å²) in [5.41, 5.74) is 7.22. The summed E-state index contributed by atoms with van der Waals surface area (Å²) in [7, 11) is -7.17. The topological polar surface area (TPSA) is 175 Å². The molecule has 1 aliphatic heterocycles. The van der Waals surface area contributed by atoms with Crippen LogP contribution >= 0.6 is 0 Å². The highest BCUT2D eigenvalue weighted by Crippen LogP contribution is 2.29. The normalized spacial score (nSPS) is 16.8. The van der Waals surface area contributed by atoms with E-state index in [0.717, 1.165) is 26.8 Å². The molecule has 0 unspecified atom stereocenters. The van der Waals surface area contributed by atoms with Crippen molar-refractivity contribution in [3.8, 4) is 0 Å². The molecule has 1 heterocycles. The Kier molecular flexibility index (Phi) is 11.0.